The summed E-state index contributed by atoms with van der Waals surface area (Å²) in [5.74, 6) is -0.141. The molecule has 0 spiro atoms. The molecular formula is C19H24F2N6O3. The van der Waals surface area contributed by atoms with Gasteiger partial charge in [0.05, 0.1) is 18.9 Å². The second-order valence-electron chi connectivity index (χ2n) is 7.49. The third-order valence-corrected chi connectivity index (χ3v) is 5.57. The fourth-order valence-electron chi connectivity index (χ4n) is 3.94. The summed E-state index contributed by atoms with van der Waals surface area (Å²) in [4.78, 5) is 32.8. The molecule has 162 valence electrons. The summed E-state index contributed by atoms with van der Waals surface area (Å²) in [6.45, 7) is 4.93. The van der Waals surface area contributed by atoms with Gasteiger partial charge in [0.2, 0.25) is 12.1 Å². The zero-order valence-electron chi connectivity index (χ0n) is 17.0. The molecule has 2 aromatic heterocycles. The van der Waals surface area contributed by atoms with Gasteiger partial charge >= 0.3 is 6.05 Å². The van der Waals surface area contributed by atoms with E-state index in [0.29, 0.717) is 50.4 Å². The van der Waals surface area contributed by atoms with Gasteiger partial charge in [0.25, 0.3) is 5.56 Å². The van der Waals surface area contributed by atoms with Gasteiger partial charge in [-0.25, -0.2) is 4.57 Å². The summed E-state index contributed by atoms with van der Waals surface area (Å²) in [6.07, 6.45) is 2.00. The van der Waals surface area contributed by atoms with E-state index in [1.807, 2.05) is 7.05 Å². The third kappa shape index (κ3) is 3.41. The van der Waals surface area contributed by atoms with Crippen molar-refractivity contribution in [2.75, 3.05) is 51.3 Å². The molecule has 0 saturated carbocycles. The quantitative estimate of drug-likeness (QED) is 0.658. The second kappa shape index (κ2) is 7.88. The minimum atomic E-state index is -3.87. The molecule has 0 aromatic carbocycles. The summed E-state index contributed by atoms with van der Waals surface area (Å²) in [5.41, 5.74) is 0.450. The van der Waals surface area contributed by atoms with Crippen molar-refractivity contribution in [1.29, 1.82) is 0 Å². The van der Waals surface area contributed by atoms with E-state index in [4.69, 9.17) is 4.74 Å². The minimum absolute atomic E-state index is 0.0778. The predicted octanol–water partition coefficient (Wildman–Crippen LogP) is 0.757. The van der Waals surface area contributed by atoms with Gasteiger partial charge in [-0.1, -0.05) is 13.0 Å². The number of anilines is 1. The van der Waals surface area contributed by atoms with Gasteiger partial charge in [0, 0.05) is 26.2 Å². The van der Waals surface area contributed by atoms with Crippen LogP contribution in [-0.2, 0) is 22.0 Å². The average Bonchev–Trinajstić information content (AvgIpc) is 3.20. The maximum atomic E-state index is 14.8. The highest BCUT2D eigenvalue weighted by Gasteiger charge is 2.38. The van der Waals surface area contributed by atoms with E-state index in [1.165, 1.54) is 0 Å². The highest BCUT2D eigenvalue weighted by molar-refractivity contribution is 5.65. The van der Waals surface area contributed by atoms with Crippen molar-refractivity contribution in [3.05, 3.63) is 27.9 Å². The van der Waals surface area contributed by atoms with Gasteiger partial charge in [0.15, 0.2) is 5.82 Å². The monoisotopic (exact) mass is 422 g/mol. The number of ether oxygens (including phenoxy) is 1. The van der Waals surface area contributed by atoms with Crippen molar-refractivity contribution in [1.82, 2.24) is 24.1 Å². The molecule has 2 aliphatic rings. The SMILES string of the molecule is CCc1c(N2CCN(C)CC2)c(=O)n2nc(C3=CCOCC3)nc2n1C(F)(F)C=O. The normalized spacial score (nSPS) is 18.7. The lowest BCUT2D eigenvalue weighted by molar-refractivity contribution is -0.143. The molecule has 4 heterocycles. The first-order valence-electron chi connectivity index (χ1n) is 9.97. The molecule has 11 heteroatoms. The molecule has 0 bridgehead atoms. The fourth-order valence-corrected chi connectivity index (χ4v) is 3.94. The van der Waals surface area contributed by atoms with Gasteiger partial charge in [-0.15, -0.1) is 5.10 Å². The van der Waals surface area contributed by atoms with Crippen LogP contribution in [0.4, 0.5) is 14.5 Å². The summed E-state index contributed by atoms with van der Waals surface area (Å²) < 4.78 is 36.3. The van der Waals surface area contributed by atoms with Crippen LogP contribution in [0.15, 0.2) is 10.9 Å². The molecular weight excluding hydrogens is 398 g/mol. The Labute approximate surface area is 171 Å². The van der Waals surface area contributed by atoms with E-state index in [0.717, 1.165) is 10.1 Å². The molecule has 0 radical (unpaired) electrons. The highest BCUT2D eigenvalue weighted by Crippen LogP contribution is 2.29. The van der Waals surface area contributed by atoms with Gasteiger partial charge < -0.3 is 14.5 Å². The van der Waals surface area contributed by atoms with Crippen LogP contribution in [0.3, 0.4) is 0 Å². The van der Waals surface area contributed by atoms with E-state index < -0.39 is 17.9 Å². The number of likely N-dealkylation sites (N-methyl/N-ethyl adjacent to an activating group) is 1. The Morgan fingerprint density at radius 1 is 1.27 bits per heavy atom. The summed E-state index contributed by atoms with van der Waals surface area (Å²) in [6, 6.07) is -3.87. The van der Waals surface area contributed by atoms with E-state index >= 15 is 0 Å². The number of hydrogen-bond donors (Lipinski definition) is 0. The molecule has 30 heavy (non-hydrogen) atoms. The summed E-state index contributed by atoms with van der Waals surface area (Å²) in [7, 11) is 1.96. The third-order valence-electron chi connectivity index (χ3n) is 5.57. The van der Waals surface area contributed by atoms with Crippen LogP contribution < -0.4 is 10.5 Å². The molecule has 4 rings (SSSR count). The van der Waals surface area contributed by atoms with Crippen LogP contribution in [0, 0.1) is 0 Å². The molecule has 2 aliphatic heterocycles. The molecule has 0 amide bonds. The Balaban J connectivity index is 1.99. The zero-order chi connectivity index (χ0) is 21.5. The number of carbonyl (C=O) groups is 1. The Bertz CT molecular complexity index is 1050. The number of alkyl halides is 2. The molecule has 9 nitrogen and oxygen atoms in total. The van der Waals surface area contributed by atoms with Crippen molar-refractivity contribution in [2.24, 2.45) is 0 Å². The van der Waals surface area contributed by atoms with Gasteiger partial charge in [0.1, 0.15) is 5.69 Å². The lowest BCUT2D eigenvalue weighted by Crippen LogP contribution is -2.48. The predicted molar refractivity (Wildman–Crippen MR) is 106 cm³/mol. The molecule has 1 saturated heterocycles. The summed E-state index contributed by atoms with van der Waals surface area (Å²) in [5, 5.41) is 4.25. The number of nitrogens with zero attached hydrogens (tertiary/aromatic N) is 6. The number of fused-ring (bicyclic) bond motifs is 1. The maximum Gasteiger partial charge on any atom is 0.388 e. The molecule has 2 aromatic rings. The number of halogens is 2. The topological polar surface area (TPSA) is 85.0 Å². The molecule has 0 N–H and O–H groups in total. The van der Waals surface area contributed by atoms with Gasteiger partial charge in [-0.3, -0.25) is 9.59 Å². The smallest absolute Gasteiger partial charge is 0.377 e. The Morgan fingerprint density at radius 3 is 2.60 bits per heavy atom. The molecule has 0 unspecified atom stereocenters. The van der Waals surface area contributed by atoms with E-state index in [1.54, 1.807) is 17.9 Å². The minimum Gasteiger partial charge on any atom is -0.377 e. The second-order valence-corrected chi connectivity index (χ2v) is 7.49. The average molecular weight is 422 g/mol. The van der Waals surface area contributed by atoms with Crippen molar-refractivity contribution < 1.29 is 18.3 Å². The van der Waals surface area contributed by atoms with Crippen molar-refractivity contribution in [3.63, 3.8) is 0 Å². The van der Waals surface area contributed by atoms with Crippen LogP contribution in [0.25, 0.3) is 11.4 Å². The number of piperazine rings is 1. The number of hydrogen-bond acceptors (Lipinski definition) is 7. The zero-order valence-corrected chi connectivity index (χ0v) is 17.0. The Hall–Kier alpha value is -2.66. The molecule has 0 atom stereocenters. The van der Waals surface area contributed by atoms with Crippen LogP contribution in [0.5, 0.6) is 0 Å². The maximum absolute atomic E-state index is 14.8. The highest BCUT2D eigenvalue weighted by atomic mass is 19.3. The van der Waals surface area contributed by atoms with Crippen LogP contribution in [0.2, 0.25) is 0 Å². The molecule has 1 fully saturated rings. The van der Waals surface area contributed by atoms with Crippen LogP contribution >= 0.6 is 0 Å². The van der Waals surface area contributed by atoms with Crippen molar-refractivity contribution in [2.45, 2.75) is 25.8 Å². The van der Waals surface area contributed by atoms with E-state index in [9.17, 15) is 18.4 Å². The first-order valence-corrected chi connectivity index (χ1v) is 9.97. The first-order chi connectivity index (χ1) is 14.4. The summed E-state index contributed by atoms with van der Waals surface area (Å²) >= 11 is 0. The van der Waals surface area contributed by atoms with Crippen molar-refractivity contribution >= 4 is 23.3 Å². The van der Waals surface area contributed by atoms with Crippen LogP contribution in [0.1, 0.15) is 24.9 Å². The van der Waals surface area contributed by atoms with Crippen LogP contribution in [-0.4, -0.2) is 76.8 Å². The lowest BCUT2D eigenvalue weighted by atomic mass is 10.1. The van der Waals surface area contributed by atoms with Crippen molar-refractivity contribution in [3.8, 4) is 0 Å². The van der Waals surface area contributed by atoms with E-state index in [-0.39, 0.29) is 29.4 Å². The first kappa shape index (κ1) is 20.6. The van der Waals surface area contributed by atoms with Gasteiger partial charge in [-0.05, 0) is 25.5 Å². The molecule has 0 aliphatic carbocycles. The van der Waals surface area contributed by atoms with Gasteiger partial charge in [-0.2, -0.15) is 18.3 Å². The number of aldehydes is 1. The lowest BCUT2D eigenvalue weighted by Gasteiger charge is -2.35. The number of carbonyl (C=O) groups excluding carboxylic acids is 1. The largest absolute Gasteiger partial charge is 0.388 e. The Kier molecular flexibility index (Phi) is 5.41. The fraction of sp³-hybridized carbons (Fsp3) is 0.579. The van der Waals surface area contributed by atoms with E-state index in [2.05, 4.69) is 15.0 Å². The number of rotatable bonds is 5. The Morgan fingerprint density at radius 2 is 2.00 bits per heavy atom. The standard InChI is InChI=1S/C19H24F2N6O3/c1-3-14-15(25-8-6-24(2)7-9-25)17(29)27-18(26(14)19(20,21)12-28)22-16(23-27)13-4-10-30-11-5-13/h4,12H,3,5-11H2,1-2H3. The number of aromatic nitrogens is 4.